The maximum atomic E-state index is 11.8. The van der Waals surface area contributed by atoms with Crippen LogP contribution in [0.1, 0.15) is 19.3 Å². The maximum Gasteiger partial charge on any atom is 0.108 e. The predicted molar refractivity (Wildman–Crippen MR) is 67.2 cm³/mol. The molecule has 0 rings (SSSR count). The van der Waals surface area contributed by atoms with Gasteiger partial charge in [-0.25, -0.2) is 4.39 Å². The molecule has 0 aliphatic rings. The number of hydrogen-bond acceptors (Lipinski definition) is 2. The number of alkyl halides is 1. The van der Waals surface area contributed by atoms with Crippen LogP contribution in [0, 0.1) is 0 Å². The van der Waals surface area contributed by atoms with E-state index in [0.717, 1.165) is 25.8 Å². The summed E-state index contributed by atoms with van der Waals surface area (Å²) in [6, 6.07) is 0. The standard InChI is InChI=1S/C13H22FNO/c1-15-12-13(8-4-2-6-10-14)9-5-3-7-11-16/h2-3,6-7,9,15-16H,4-5,8,10-12H2,1H3/b6-2-,7-3-,13-9-. The number of allylic oxidation sites excluding steroid dienone is 4. The normalized spacial score (nSPS) is 13.1. The van der Waals surface area contributed by atoms with Gasteiger partial charge in [-0.05, 0) is 26.3 Å². The highest BCUT2D eigenvalue weighted by molar-refractivity contribution is 5.08. The van der Waals surface area contributed by atoms with Crippen molar-refractivity contribution in [2.75, 3.05) is 26.9 Å². The average Bonchev–Trinajstić information content (AvgIpc) is 2.30. The lowest BCUT2D eigenvalue weighted by Gasteiger charge is -2.04. The Morgan fingerprint density at radius 2 is 2.06 bits per heavy atom. The second-order valence-electron chi connectivity index (χ2n) is 3.45. The molecule has 0 aliphatic heterocycles. The van der Waals surface area contributed by atoms with Crippen LogP contribution in [-0.4, -0.2) is 32.0 Å². The first-order chi connectivity index (χ1) is 7.85. The van der Waals surface area contributed by atoms with Crippen molar-refractivity contribution in [1.82, 2.24) is 5.32 Å². The van der Waals surface area contributed by atoms with Crippen LogP contribution in [0.2, 0.25) is 0 Å². The Morgan fingerprint density at radius 3 is 2.69 bits per heavy atom. The molecule has 0 amide bonds. The van der Waals surface area contributed by atoms with Crippen molar-refractivity contribution in [2.45, 2.75) is 19.3 Å². The highest BCUT2D eigenvalue weighted by Crippen LogP contribution is 2.06. The van der Waals surface area contributed by atoms with E-state index < -0.39 is 0 Å². The number of aliphatic hydroxyl groups excluding tert-OH is 1. The van der Waals surface area contributed by atoms with E-state index in [9.17, 15) is 4.39 Å². The lowest BCUT2D eigenvalue weighted by Crippen LogP contribution is -2.10. The molecule has 0 radical (unpaired) electrons. The molecule has 0 heterocycles. The van der Waals surface area contributed by atoms with E-state index in [0.29, 0.717) is 0 Å². The number of aliphatic hydroxyl groups is 1. The van der Waals surface area contributed by atoms with Crippen molar-refractivity contribution in [3.63, 3.8) is 0 Å². The third-order valence-corrected chi connectivity index (χ3v) is 2.11. The number of nitrogens with one attached hydrogen (secondary N) is 1. The van der Waals surface area contributed by atoms with Crippen molar-refractivity contribution in [2.24, 2.45) is 0 Å². The molecule has 0 atom stereocenters. The van der Waals surface area contributed by atoms with Crippen LogP contribution < -0.4 is 5.32 Å². The fourth-order valence-corrected chi connectivity index (χ4v) is 1.34. The van der Waals surface area contributed by atoms with Crippen molar-refractivity contribution >= 4 is 0 Å². The zero-order valence-electron chi connectivity index (χ0n) is 9.95. The minimum absolute atomic E-state index is 0.0917. The minimum atomic E-state index is -0.385. The van der Waals surface area contributed by atoms with E-state index in [1.54, 1.807) is 12.2 Å². The van der Waals surface area contributed by atoms with Crippen LogP contribution in [0.5, 0.6) is 0 Å². The summed E-state index contributed by atoms with van der Waals surface area (Å²) in [5.74, 6) is 0. The maximum absolute atomic E-state index is 11.8. The molecule has 92 valence electrons. The molecule has 2 N–H and O–H groups in total. The molecular weight excluding hydrogens is 205 g/mol. The van der Waals surface area contributed by atoms with Crippen LogP contribution in [0.25, 0.3) is 0 Å². The van der Waals surface area contributed by atoms with Gasteiger partial charge in [0.15, 0.2) is 0 Å². The number of halogens is 1. The molecule has 0 unspecified atom stereocenters. The molecule has 0 aromatic heterocycles. The quantitative estimate of drug-likeness (QED) is 0.593. The molecule has 0 aliphatic carbocycles. The van der Waals surface area contributed by atoms with Gasteiger partial charge >= 0.3 is 0 Å². The lowest BCUT2D eigenvalue weighted by atomic mass is 10.1. The Hall–Kier alpha value is -0.930. The van der Waals surface area contributed by atoms with E-state index in [-0.39, 0.29) is 13.3 Å². The molecule has 0 bridgehead atoms. The zero-order valence-corrected chi connectivity index (χ0v) is 9.95. The summed E-state index contributed by atoms with van der Waals surface area (Å²) in [7, 11) is 1.91. The van der Waals surface area contributed by atoms with E-state index in [1.807, 2.05) is 19.2 Å². The number of likely N-dealkylation sites (N-methyl/N-ethyl adjacent to an activating group) is 1. The van der Waals surface area contributed by atoms with Crippen LogP contribution >= 0.6 is 0 Å². The Balaban J connectivity index is 3.94. The van der Waals surface area contributed by atoms with Crippen molar-refractivity contribution < 1.29 is 9.50 Å². The molecule has 0 saturated carbocycles. The molecule has 0 aromatic rings. The highest BCUT2D eigenvalue weighted by Gasteiger charge is 1.93. The summed E-state index contributed by atoms with van der Waals surface area (Å²) in [5.41, 5.74) is 1.31. The van der Waals surface area contributed by atoms with E-state index in [4.69, 9.17) is 5.11 Å². The summed E-state index contributed by atoms with van der Waals surface area (Å²) in [4.78, 5) is 0. The summed E-state index contributed by atoms with van der Waals surface area (Å²) in [6.07, 6.45) is 11.9. The smallest absolute Gasteiger partial charge is 0.108 e. The van der Waals surface area contributed by atoms with Crippen molar-refractivity contribution in [1.29, 1.82) is 0 Å². The fraction of sp³-hybridized carbons (Fsp3) is 0.538. The van der Waals surface area contributed by atoms with Crippen molar-refractivity contribution in [3.05, 3.63) is 36.0 Å². The first-order valence-corrected chi connectivity index (χ1v) is 5.64. The largest absolute Gasteiger partial charge is 0.392 e. The van der Waals surface area contributed by atoms with Gasteiger partial charge in [-0.1, -0.05) is 36.0 Å². The third kappa shape index (κ3) is 9.62. The lowest BCUT2D eigenvalue weighted by molar-refractivity contribution is 0.342. The van der Waals surface area contributed by atoms with Gasteiger partial charge in [0.2, 0.25) is 0 Å². The first kappa shape index (κ1) is 15.1. The van der Waals surface area contributed by atoms with Gasteiger partial charge in [-0.15, -0.1) is 0 Å². The molecule has 2 nitrogen and oxygen atoms in total. The van der Waals surface area contributed by atoms with Gasteiger partial charge in [0.1, 0.15) is 6.67 Å². The van der Waals surface area contributed by atoms with Gasteiger partial charge in [0.25, 0.3) is 0 Å². The van der Waals surface area contributed by atoms with Gasteiger partial charge in [0, 0.05) is 6.54 Å². The summed E-state index contributed by atoms with van der Waals surface area (Å²) in [6.45, 7) is 0.565. The summed E-state index contributed by atoms with van der Waals surface area (Å²) < 4.78 is 11.8. The van der Waals surface area contributed by atoms with E-state index >= 15 is 0 Å². The predicted octanol–water partition coefficient (Wildman–Crippen LogP) is 2.38. The van der Waals surface area contributed by atoms with E-state index in [1.165, 1.54) is 5.57 Å². The SMILES string of the molecule is CNC/C(=C\C/C=C\CO)CC/C=C\CF. The Bertz CT molecular complexity index is 234. The molecule has 16 heavy (non-hydrogen) atoms. The second kappa shape index (κ2) is 12.1. The number of hydrogen-bond donors (Lipinski definition) is 2. The minimum Gasteiger partial charge on any atom is -0.392 e. The topological polar surface area (TPSA) is 32.3 Å². The van der Waals surface area contributed by atoms with Crippen LogP contribution in [-0.2, 0) is 0 Å². The van der Waals surface area contributed by atoms with Crippen LogP contribution in [0.3, 0.4) is 0 Å². The Labute approximate surface area is 97.6 Å². The van der Waals surface area contributed by atoms with Gasteiger partial charge in [0.05, 0.1) is 6.61 Å². The summed E-state index contributed by atoms with van der Waals surface area (Å²) in [5, 5.41) is 11.7. The second-order valence-corrected chi connectivity index (χ2v) is 3.45. The van der Waals surface area contributed by atoms with Gasteiger partial charge in [-0.2, -0.15) is 0 Å². The third-order valence-electron chi connectivity index (χ3n) is 2.11. The number of rotatable bonds is 9. The summed E-state index contributed by atoms with van der Waals surface area (Å²) >= 11 is 0. The molecule has 0 fully saturated rings. The fourth-order valence-electron chi connectivity index (χ4n) is 1.34. The average molecular weight is 227 g/mol. The monoisotopic (exact) mass is 227 g/mol. The Kier molecular flexibility index (Phi) is 11.4. The van der Waals surface area contributed by atoms with Crippen molar-refractivity contribution in [3.8, 4) is 0 Å². The molecule has 3 heteroatoms. The highest BCUT2D eigenvalue weighted by atomic mass is 19.1. The Morgan fingerprint density at radius 1 is 1.25 bits per heavy atom. The van der Waals surface area contributed by atoms with Gasteiger partial charge < -0.3 is 10.4 Å². The molecule has 0 aromatic carbocycles. The molecule has 0 spiro atoms. The van der Waals surface area contributed by atoms with Gasteiger partial charge in [-0.3, -0.25) is 0 Å². The zero-order chi connectivity index (χ0) is 12.1. The van der Waals surface area contributed by atoms with Crippen LogP contribution in [0.4, 0.5) is 4.39 Å². The first-order valence-electron chi connectivity index (χ1n) is 5.64. The molecule has 0 saturated heterocycles. The van der Waals surface area contributed by atoms with E-state index in [2.05, 4.69) is 11.4 Å². The van der Waals surface area contributed by atoms with Crippen LogP contribution in [0.15, 0.2) is 36.0 Å². The molecular formula is C13H22FNO.